The van der Waals surface area contributed by atoms with E-state index < -0.39 is 31.2 Å². The number of nitrogens with zero attached hydrogens (tertiary/aromatic N) is 3. The van der Waals surface area contributed by atoms with Gasteiger partial charge in [-0.15, -0.1) is 0 Å². The van der Waals surface area contributed by atoms with Crippen molar-refractivity contribution < 1.29 is 22.4 Å². The number of nitrogens with one attached hydrogen (secondary N) is 1. The van der Waals surface area contributed by atoms with Gasteiger partial charge in [0.15, 0.2) is 14.1 Å². The summed E-state index contributed by atoms with van der Waals surface area (Å²) in [4.78, 5) is 16.1. The van der Waals surface area contributed by atoms with E-state index in [0.29, 0.717) is 5.82 Å². The van der Waals surface area contributed by atoms with Crippen molar-refractivity contribution in [2.75, 3.05) is 5.32 Å². The van der Waals surface area contributed by atoms with Crippen LogP contribution in [0.5, 0.6) is 0 Å². The third-order valence-corrected chi connectivity index (χ3v) is 11.9. The minimum atomic E-state index is -4.65. The smallest absolute Gasteiger partial charge is 0.414 e. The lowest BCUT2D eigenvalue weighted by Gasteiger charge is -2.38. The summed E-state index contributed by atoms with van der Waals surface area (Å²) in [5.74, 6) is -0.139. The zero-order chi connectivity index (χ0) is 27.3. The topological polar surface area (TPSA) is 69.0 Å². The van der Waals surface area contributed by atoms with Crippen LogP contribution in [0.4, 0.5) is 19.0 Å². The van der Waals surface area contributed by atoms with Crippen molar-refractivity contribution in [3.05, 3.63) is 40.3 Å². The largest absolute Gasteiger partial charge is 0.433 e. The number of carbonyl (C=O) groups is 1. The average molecular weight is 545 g/mol. The van der Waals surface area contributed by atoms with Gasteiger partial charge in [0, 0.05) is 23.8 Å². The van der Waals surface area contributed by atoms with Crippen molar-refractivity contribution in [1.29, 1.82) is 0 Å². The van der Waals surface area contributed by atoms with Crippen LogP contribution in [-0.2, 0) is 16.1 Å². The van der Waals surface area contributed by atoms with Crippen LogP contribution in [-0.4, -0.2) is 35.1 Å². The normalized spacial score (nSPS) is 19.6. The molecule has 0 saturated heterocycles. The van der Waals surface area contributed by atoms with Crippen LogP contribution >= 0.6 is 11.6 Å². The number of aromatic nitrogens is 3. The number of halogens is 4. The van der Waals surface area contributed by atoms with Crippen molar-refractivity contribution in [3.63, 3.8) is 0 Å². The number of carbonyl (C=O) groups excluding carboxylic acids is 1. The summed E-state index contributed by atoms with van der Waals surface area (Å²) in [5.41, 5.74) is -0.653. The fourth-order valence-corrected chi connectivity index (χ4v) is 5.78. The maximum absolute atomic E-state index is 12.9. The summed E-state index contributed by atoms with van der Waals surface area (Å²) < 4.78 is 47.2. The first-order valence-corrected chi connectivity index (χ1v) is 15.4. The Morgan fingerprint density at radius 2 is 1.78 bits per heavy atom. The minimum Gasteiger partial charge on any atom is -0.414 e. The zero-order valence-electron chi connectivity index (χ0n) is 22.2. The maximum atomic E-state index is 12.9. The molecule has 0 aliphatic heterocycles. The molecular formula is C25H36ClF3N4O2Si. The SMILES string of the molecule is CC(C)(C)n1nc(NC(=O)c2ccc(C(F)(F)F)nc2Cl)cc1[C@H]1CC[C@@H](O[Si](C)(C)C(C)(C)C)C1. The Labute approximate surface area is 217 Å². The zero-order valence-corrected chi connectivity index (χ0v) is 23.9. The quantitative estimate of drug-likeness (QED) is 0.310. The molecule has 6 nitrogen and oxygen atoms in total. The minimum absolute atomic E-state index is 0.129. The van der Waals surface area contributed by atoms with Gasteiger partial charge in [-0.25, -0.2) is 4.98 Å². The molecule has 1 fully saturated rings. The Hall–Kier alpha value is -1.91. The predicted molar refractivity (Wildman–Crippen MR) is 138 cm³/mol. The molecule has 1 aliphatic carbocycles. The second-order valence-electron chi connectivity index (χ2n) is 12.0. The molecule has 1 amide bonds. The summed E-state index contributed by atoms with van der Waals surface area (Å²) in [6, 6.07) is 3.60. The van der Waals surface area contributed by atoms with Crippen LogP contribution in [0.2, 0.25) is 23.3 Å². The Morgan fingerprint density at radius 1 is 1.14 bits per heavy atom. The highest BCUT2D eigenvalue weighted by molar-refractivity contribution is 6.74. The molecule has 11 heteroatoms. The predicted octanol–water partition coefficient (Wildman–Crippen LogP) is 7.62. The number of alkyl halides is 3. The van der Waals surface area contributed by atoms with Crippen molar-refractivity contribution in [2.24, 2.45) is 0 Å². The third-order valence-electron chi connectivity index (χ3n) is 7.07. The highest BCUT2D eigenvalue weighted by Gasteiger charge is 2.41. The van der Waals surface area contributed by atoms with E-state index >= 15 is 0 Å². The monoisotopic (exact) mass is 544 g/mol. The van der Waals surface area contributed by atoms with Crippen molar-refractivity contribution in [3.8, 4) is 0 Å². The first-order valence-electron chi connectivity index (χ1n) is 12.1. The molecule has 0 bridgehead atoms. The highest BCUT2D eigenvalue weighted by atomic mass is 35.5. The summed E-state index contributed by atoms with van der Waals surface area (Å²) in [6.45, 7) is 17.3. The van der Waals surface area contributed by atoms with Gasteiger partial charge < -0.3 is 9.74 Å². The van der Waals surface area contributed by atoms with Crippen molar-refractivity contribution >= 4 is 31.6 Å². The second-order valence-corrected chi connectivity index (χ2v) is 17.1. The van der Waals surface area contributed by atoms with Gasteiger partial charge in [-0.2, -0.15) is 18.3 Å². The Balaban J connectivity index is 1.81. The number of pyridine rings is 1. The van der Waals surface area contributed by atoms with Gasteiger partial charge in [0.2, 0.25) is 0 Å². The molecule has 2 aromatic heterocycles. The molecule has 0 aromatic carbocycles. The van der Waals surface area contributed by atoms with Gasteiger partial charge in [-0.05, 0) is 70.3 Å². The third kappa shape index (κ3) is 6.31. The van der Waals surface area contributed by atoms with Gasteiger partial charge in [-0.1, -0.05) is 32.4 Å². The van der Waals surface area contributed by atoms with Gasteiger partial charge in [0.05, 0.1) is 11.1 Å². The summed E-state index contributed by atoms with van der Waals surface area (Å²) in [6.07, 6.45) is -1.69. The number of rotatable bonds is 5. The lowest BCUT2D eigenvalue weighted by Crippen LogP contribution is -2.43. The van der Waals surface area contributed by atoms with E-state index in [1.54, 1.807) is 0 Å². The molecule has 0 unspecified atom stereocenters. The molecule has 1 aliphatic rings. The first-order chi connectivity index (χ1) is 16.3. The van der Waals surface area contributed by atoms with Gasteiger partial charge >= 0.3 is 6.18 Å². The Kier molecular flexibility index (Phi) is 7.77. The standard InChI is InChI=1S/C25H36ClF3N4O2Si/c1-23(2,3)33-18(15-9-10-16(13-15)35-36(7,8)24(4,5)6)14-20(32-33)31-22(34)17-11-12-19(25(27,28)29)30-21(17)26/h11-12,14-16H,9-10,13H2,1-8H3,(H,31,32,34)/t15-,16+/m0/s1. The van der Waals surface area contributed by atoms with Crippen LogP contribution < -0.4 is 5.32 Å². The number of hydrogen-bond donors (Lipinski definition) is 1. The fraction of sp³-hybridized carbons (Fsp3) is 0.640. The molecule has 1 N–H and O–H groups in total. The molecule has 3 rings (SSSR count). The lowest BCUT2D eigenvalue weighted by molar-refractivity contribution is -0.141. The molecule has 36 heavy (non-hydrogen) atoms. The number of hydrogen-bond acceptors (Lipinski definition) is 4. The van der Waals surface area contributed by atoms with Crippen LogP contribution in [0, 0.1) is 0 Å². The van der Waals surface area contributed by atoms with E-state index in [0.717, 1.165) is 37.1 Å². The van der Waals surface area contributed by atoms with Gasteiger partial charge in [0.25, 0.3) is 5.91 Å². The molecule has 0 radical (unpaired) electrons. The van der Waals surface area contributed by atoms with E-state index in [1.807, 2.05) is 31.5 Å². The molecule has 2 atom stereocenters. The average Bonchev–Trinajstić information content (AvgIpc) is 3.32. The molecule has 1 saturated carbocycles. The lowest BCUT2D eigenvalue weighted by atomic mass is 10.0. The van der Waals surface area contributed by atoms with E-state index in [9.17, 15) is 18.0 Å². The number of amides is 1. The molecule has 0 spiro atoms. The van der Waals surface area contributed by atoms with E-state index in [4.69, 9.17) is 16.0 Å². The van der Waals surface area contributed by atoms with Gasteiger partial charge in [0.1, 0.15) is 10.8 Å². The summed E-state index contributed by atoms with van der Waals surface area (Å²) in [5, 5.41) is 6.92. The highest BCUT2D eigenvalue weighted by Crippen LogP contribution is 2.43. The molecule has 2 aromatic rings. The van der Waals surface area contributed by atoms with E-state index in [-0.39, 0.29) is 28.2 Å². The molecule has 200 valence electrons. The second kappa shape index (κ2) is 9.76. The summed E-state index contributed by atoms with van der Waals surface area (Å²) >= 11 is 5.90. The number of anilines is 1. The Bertz CT molecular complexity index is 1120. The van der Waals surface area contributed by atoms with Crippen LogP contribution in [0.1, 0.15) is 88.5 Å². The van der Waals surface area contributed by atoms with Crippen molar-refractivity contribution in [2.45, 2.75) is 103 Å². The maximum Gasteiger partial charge on any atom is 0.433 e. The van der Waals surface area contributed by atoms with Crippen LogP contribution in [0.3, 0.4) is 0 Å². The molecular weight excluding hydrogens is 509 g/mol. The van der Waals surface area contributed by atoms with Gasteiger partial charge in [-0.3, -0.25) is 9.48 Å². The van der Waals surface area contributed by atoms with Crippen molar-refractivity contribution in [1.82, 2.24) is 14.8 Å². The van der Waals surface area contributed by atoms with E-state index in [2.05, 4.69) is 49.3 Å². The fourth-order valence-electron chi connectivity index (χ4n) is 4.14. The Morgan fingerprint density at radius 3 is 2.31 bits per heavy atom. The van der Waals surface area contributed by atoms with E-state index in [1.165, 1.54) is 0 Å². The van der Waals surface area contributed by atoms with Crippen LogP contribution in [0.25, 0.3) is 0 Å². The first kappa shape index (κ1) is 28.7. The summed E-state index contributed by atoms with van der Waals surface area (Å²) in [7, 11) is -1.89. The molecule has 2 heterocycles. The van der Waals surface area contributed by atoms with Crippen LogP contribution in [0.15, 0.2) is 18.2 Å².